The number of nitrogens with one attached hydrogen (secondary N) is 1. The first-order chi connectivity index (χ1) is 9.10. The zero-order valence-electron chi connectivity index (χ0n) is 11.1. The Morgan fingerprint density at radius 3 is 2.84 bits per heavy atom. The molecule has 0 saturated heterocycles. The molecule has 19 heavy (non-hydrogen) atoms. The Morgan fingerprint density at radius 2 is 2.11 bits per heavy atom. The Labute approximate surface area is 111 Å². The molecule has 0 aliphatic carbocycles. The van der Waals surface area contributed by atoms with Crippen LogP contribution in [-0.4, -0.2) is 9.55 Å². The first kappa shape index (κ1) is 13.5. The number of nitrogens with zero attached hydrogens (tertiary/aromatic N) is 2. The summed E-state index contributed by atoms with van der Waals surface area (Å²) in [6, 6.07) is 3.44. The van der Waals surface area contributed by atoms with Crippen molar-refractivity contribution >= 4 is 5.95 Å². The Hall–Kier alpha value is -1.91. The summed E-state index contributed by atoms with van der Waals surface area (Å²) in [5.74, 6) is -0.173. The Kier molecular flexibility index (Phi) is 4.14. The van der Waals surface area contributed by atoms with Gasteiger partial charge in [-0.15, -0.1) is 0 Å². The highest BCUT2D eigenvalue weighted by atomic mass is 19.1. The van der Waals surface area contributed by atoms with Crippen LogP contribution >= 0.6 is 0 Å². The molecule has 0 fully saturated rings. The monoisotopic (exact) mass is 265 g/mol. The van der Waals surface area contributed by atoms with Crippen LogP contribution in [0.2, 0.25) is 0 Å². The maximum Gasteiger partial charge on any atom is 0.203 e. The van der Waals surface area contributed by atoms with E-state index in [4.69, 9.17) is 0 Å². The van der Waals surface area contributed by atoms with Gasteiger partial charge < -0.3 is 9.88 Å². The van der Waals surface area contributed by atoms with Gasteiger partial charge in [-0.1, -0.05) is 6.92 Å². The maximum absolute atomic E-state index is 13.5. The lowest BCUT2D eigenvalue weighted by molar-refractivity contribution is 0.587. The molecule has 0 amide bonds. The largest absolute Gasteiger partial charge is 0.351 e. The lowest BCUT2D eigenvalue weighted by Crippen LogP contribution is -2.08. The van der Waals surface area contributed by atoms with Gasteiger partial charge in [0.15, 0.2) is 0 Å². The maximum atomic E-state index is 13.5. The molecule has 0 bridgehead atoms. The van der Waals surface area contributed by atoms with E-state index in [0.717, 1.165) is 30.8 Å². The minimum absolute atomic E-state index is 0.212. The molecule has 1 N–H and O–H groups in total. The van der Waals surface area contributed by atoms with E-state index in [2.05, 4.69) is 17.2 Å². The summed E-state index contributed by atoms with van der Waals surface area (Å²) in [6.45, 7) is 5.03. The summed E-state index contributed by atoms with van der Waals surface area (Å²) >= 11 is 0. The predicted molar refractivity (Wildman–Crippen MR) is 70.9 cm³/mol. The summed E-state index contributed by atoms with van der Waals surface area (Å²) < 4.78 is 28.5. The van der Waals surface area contributed by atoms with Crippen LogP contribution < -0.4 is 5.32 Å². The van der Waals surface area contributed by atoms with E-state index in [1.54, 1.807) is 0 Å². The molecule has 0 atom stereocenters. The number of halogens is 2. The van der Waals surface area contributed by atoms with Crippen molar-refractivity contribution in [1.82, 2.24) is 9.55 Å². The normalized spacial score (nSPS) is 10.7. The van der Waals surface area contributed by atoms with Crippen LogP contribution in [0.5, 0.6) is 0 Å². The topological polar surface area (TPSA) is 29.9 Å². The van der Waals surface area contributed by atoms with Crippen LogP contribution in [0.4, 0.5) is 14.7 Å². The van der Waals surface area contributed by atoms with Gasteiger partial charge >= 0.3 is 0 Å². The molecule has 0 spiro atoms. The fourth-order valence-electron chi connectivity index (χ4n) is 1.95. The van der Waals surface area contributed by atoms with E-state index in [1.807, 2.05) is 17.7 Å². The SMILES string of the molecule is CCCn1cc(C)nc1NCc1cc(F)ccc1F. The minimum Gasteiger partial charge on any atom is -0.351 e. The summed E-state index contributed by atoms with van der Waals surface area (Å²) in [6.07, 6.45) is 2.92. The molecule has 0 unspecified atom stereocenters. The van der Waals surface area contributed by atoms with E-state index in [9.17, 15) is 8.78 Å². The standard InChI is InChI=1S/C14H17F2N3/c1-3-6-19-9-10(2)18-14(19)17-8-11-7-12(15)4-5-13(11)16/h4-5,7,9H,3,6,8H2,1-2H3,(H,17,18). The van der Waals surface area contributed by atoms with Crippen LogP contribution in [-0.2, 0) is 13.1 Å². The number of rotatable bonds is 5. The highest BCUT2D eigenvalue weighted by molar-refractivity contribution is 5.31. The first-order valence-corrected chi connectivity index (χ1v) is 6.31. The molecule has 2 aromatic rings. The van der Waals surface area contributed by atoms with E-state index in [1.165, 1.54) is 6.07 Å². The van der Waals surface area contributed by atoms with Gasteiger partial charge in [0.05, 0.1) is 5.69 Å². The van der Waals surface area contributed by atoms with Crippen molar-refractivity contribution < 1.29 is 8.78 Å². The molecule has 2 rings (SSSR count). The zero-order valence-corrected chi connectivity index (χ0v) is 11.1. The number of hydrogen-bond donors (Lipinski definition) is 1. The molecule has 3 nitrogen and oxygen atoms in total. The van der Waals surface area contributed by atoms with Gasteiger partial charge in [-0.2, -0.15) is 0 Å². The first-order valence-electron chi connectivity index (χ1n) is 6.31. The van der Waals surface area contributed by atoms with E-state index < -0.39 is 11.6 Å². The molecule has 1 heterocycles. The van der Waals surface area contributed by atoms with Gasteiger partial charge in [0, 0.05) is 24.8 Å². The number of aromatic nitrogens is 2. The second-order valence-electron chi connectivity index (χ2n) is 4.49. The summed E-state index contributed by atoms with van der Waals surface area (Å²) in [4.78, 5) is 4.33. The zero-order chi connectivity index (χ0) is 13.8. The van der Waals surface area contributed by atoms with E-state index in [-0.39, 0.29) is 6.54 Å². The average molecular weight is 265 g/mol. The highest BCUT2D eigenvalue weighted by Crippen LogP contribution is 2.14. The van der Waals surface area contributed by atoms with Crippen LogP contribution in [0.15, 0.2) is 24.4 Å². The molecular weight excluding hydrogens is 248 g/mol. The van der Waals surface area contributed by atoms with Crippen molar-refractivity contribution in [2.24, 2.45) is 0 Å². The Morgan fingerprint density at radius 1 is 1.32 bits per heavy atom. The molecule has 0 radical (unpaired) electrons. The van der Waals surface area contributed by atoms with Crippen LogP contribution in [0.3, 0.4) is 0 Å². The lowest BCUT2D eigenvalue weighted by Gasteiger charge is -2.09. The van der Waals surface area contributed by atoms with Crippen molar-refractivity contribution in [1.29, 1.82) is 0 Å². The molecule has 0 aliphatic rings. The van der Waals surface area contributed by atoms with Crippen molar-refractivity contribution in [2.75, 3.05) is 5.32 Å². The molecule has 0 saturated carbocycles. The minimum atomic E-state index is -0.439. The number of anilines is 1. The third-order valence-electron chi connectivity index (χ3n) is 2.81. The van der Waals surface area contributed by atoms with Gasteiger partial charge in [-0.3, -0.25) is 0 Å². The van der Waals surface area contributed by atoms with Crippen LogP contribution in [0, 0.1) is 18.6 Å². The van der Waals surface area contributed by atoms with E-state index >= 15 is 0 Å². The molecule has 5 heteroatoms. The average Bonchev–Trinajstić information content (AvgIpc) is 2.71. The van der Waals surface area contributed by atoms with Gasteiger partial charge in [-0.25, -0.2) is 13.8 Å². The fourth-order valence-corrected chi connectivity index (χ4v) is 1.95. The number of aryl methyl sites for hydroxylation is 2. The number of imidazole rings is 1. The molecule has 1 aromatic carbocycles. The van der Waals surface area contributed by atoms with Crippen LogP contribution in [0.25, 0.3) is 0 Å². The van der Waals surface area contributed by atoms with Crippen LogP contribution in [0.1, 0.15) is 24.6 Å². The lowest BCUT2D eigenvalue weighted by atomic mass is 10.2. The molecular formula is C14H17F2N3. The second kappa shape index (κ2) is 5.82. The fraction of sp³-hybridized carbons (Fsp3) is 0.357. The van der Waals surface area contributed by atoms with Crippen molar-refractivity contribution in [3.05, 3.63) is 47.3 Å². The number of benzene rings is 1. The van der Waals surface area contributed by atoms with E-state index in [0.29, 0.717) is 11.5 Å². The summed E-state index contributed by atoms with van der Waals surface area (Å²) in [7, 11) is 0. The second-order valence-corrected chi connectivity index (χ2v) is 4.49. The summed E-state index contributed by atoms with van der Waals surface area (Å²) in [5, 5.41) is 3.05. The van der Waals surface area contributed by atoms with Gasteiger partial charge in [0.1, 0.15) is 11.6 Å². The number of hydrogen-bond acceptors (Lipinski definition) is 2. The van der Waals surface area contributed by atoms with Gasteiger partial charge in [0.2, 0.25) is 5.95 Å². The quantitative estimate of drug-likeness (QED) is 0.896. The Bertz CT molecular complexity index is 564. The van der Waals surface area contributed by atoms with Crippen molar-refractivity contribution in [3.63, 3.8) is 0 Å². The van der Waals surface area contributed by atoms with Crippen molar-refractivity contribution in [3.8, 4) is 0 Å². The molecule has 102 valence electrons. The van der Waals surface area contributed by atoms with Crippen molar-refractivity contribution in [2.45, 2.75) is 33.4 Å². The molecule has 1 aromatic heterocycles. The van der Waals surface area contributed by atoms with Gasteiger partial charge in [0.25, 0.3) is 0 Å². The third kappa shape index (κ3) is 3.30. The van der Waals surface area contributed by atoms with Gasteiger partial charge in [-0.05, 0) is 31.5 Å². The smallest absolute Gasteiger partial charge is 0.203 e. The predicted octanol–water partition coefficient (Wildman–Crippen LogP) is 3.49. The molecule has 0 aliphatic heterocycles. The summed E-state index contributed by atoms with van der Waals surface area (Å²) in [5.41, 5.74) is 1.19. The Balaban J connectivity index is 2.11. The third-order valence-corrected chi connectivity index (χ3v) is 2.81. The highest BCUT2D eigenvalue weighted by Gasteiger charge is 2.07.